The lowest BCUT2D eigenvalue weighted by molar-refractivity contribution is 0.0743. The van der Waals surface area contributed by atoms with Gasteiger partial charge in [0.2, 0.25) is 0 Å². The summed E-state index contributed by atoms with van der Waals surface area (Å²) >= 11 is 0. The van der Waals surface area contributed by atoms with Crippen molar-refractivity contribution in [3.05, 3.63) is 56.9 Å². The lowest BCUT2D eigenvalue weighted by atomic mass is 10.2. The van der Waals surface area contributed by atoms with Gasteiger partial charge < -0.3 is 19.5 Å². The molecule has 0 aliphatic carbocycles. The van der Waals surface area contributed by atoms with Gasteiger partial charge in [-0.25, -0.2) is 4.79 Å². The number of hydrogen-bond donors (Lipinski definition) is 1. The molecular weight excluding hydrogens is 324 g/mol. The van der Waals surface area contributed by atoms with Crippen LogP contribution < -0.4 is 20.9 Å². The van der Waals surface area contributed by atoms with Crippen LogP contribution >= 0.6 is 0 Å². The maximum atomic E-state index is 12.6. The Morgan fingerprint density at radius 2 is 1.80 bits per heavy atom. The number of piperazine rings is 1. The van der Waals surface area contributed by atoms with E-state index in [1.807, 2.05) is 24.3 Å². The summed E-state index contributed by atoms with van der Waals surface area (Å²) in [5, 5.41) is 0. The average Bonchev–Trinajstić information content (AvgIpc) is 2.66. The molecule has 2 aromatic rings. The van der Waals surface area contributed by atoms with Gasteiger partial charge in [-0.1, -0.05) is 12.1 Å². The maximum absolute atomic E-state index is 12.6. The Labute approximate surface area is 144 Å². The molecule has 1 amide bonds. The third kappa shape index (κ3) is 3.15. The first-order chi connectivity index (χ1) is 12.0. The number of amides is 1. The van der Waals surface area contributed by atoms with Gasteiger partial charge in [0.15, 0.2) is 0 Å². The van der Waals surface area contributed by atoms with E-state index in [2.05, 4.69) is 9.88 Å². The van der Waals surface area contributed by atoms with Crippen molar-refractivity contribution >= 4 is 11.6 Å². The Hall–Kier alpha value is -3.03. The first-order valence-electron chi connectivity index (χ1n) is 7.99. The zero-order valence-corrected chi connectivity index (χ0v) is 14.2. The van der Waals surface area contributed by atoms with Crippen LogP contribution in [0.2, 0.25) is 0 Å². The number of benzene rings is 1. The number of methoxy groups -OCH3 is 1. The number of aromatic amines is 1. The molecule has 1 saturated heterocycles. The zero-order valence-electron chi connectivity index (χ0n) is 14.2. The minimum absolute atomic E-state index is 0.0205. The molecule has 1 aromatic carbocycles. The van der Waals surface area contributed by atoms with Crippen LogP contribution in [0.25, 0.3) is 0 Å². The normalized spacial score (nSPS) is 14.5. The molecule has 25 heavy (non-hydrogen) atoms. The van der Waals surface area contributed by atoms with E-state index in [0.29, 0.717) is 26.2 Å². The molecule has 0 radical (unpaired) electrons. The highest BCUT2D eigenvalue weighted by Gasteiger charge is 2.25. The number of hydrogen-bond acceptors (Lipinski definition) is 5. The molecule has 0 atom stereocenters. The summed E-state index contributed by atoms with van der Waals surface area (Å²) in [7, 11) is 2.97. The van der Waals surface area contributed by atoms with Gasteiger partial charge >= 0.3 is 5.69 Å². The first-order valence-corrected chi connectivity index (χ1v) is 7.99. The monoisotopic (exact) mass is 344 g/mol. The molecule has 1 aliphatic rings. The Balaban J connectivity index is 1.74. The van der Waals surface area contributed by atoms with Crippen molar-refractivity contribution in [3.63, 3.8) is 0 Å². The Kier molecular flexibility index (Phi) is 4.60. The van der Waals surface area contributed by atoms with E-state index in [1.54, 1.807) is 12.0 Å². The van der Waals surface area contributed by atoms with Crippen molar-refractivity contribution < 1.29 is 9.53 Å². The molecule has 0 unspecified atom stereocenters. The smallest absolute Gasteiger partial charge is 0.328 e. The molecule has 0 bridgehead atoms. The van der Waals surface area contributed by atoms with E-state index in [0.717, 1.165) is 16.0 Å². The van der Waals surface area contributed by atoms with Crippen molar-refractivity contribution in [1.82, 2.24) is 14.5 Å². The van der Waals surface area contributed by atoms with E-state index < -0.39 is 11.2 Å². The first kappa shape index (κ1) is 16.8. The number of carbonyl (C=O) groups is 1. The fraction of sp³-hybridized carbons (Fsp3) is 0.353. The summed E-state index contributed by atoms with van der Waals surface area (Å²) in [6, 6.07) is 7.73. The van der Waals surface area contributed by atoms with Gasteiger partial charge in [-0.15, -0.1) is 0 Å². The summed E-state index contributed by atoms with van der Waals surface area (Å²) in [5.74, 6) is 0.424. The zero-order chi connectivity index (χ0) is 18.0. The third-order valence-electron chi connectivity index (χ3n) is 4.40. The molecule has 1 aliphatic heterocycles. The van der Waals surface area contributed by atoms with Gasteiger partial charge in [0.25, 0.3) is 11.5 Å². The Bertz CT molecular complexity index is 894. The van der Waals surface area contributed by atoms with Gasteiger partial charge in [-0.3, -0.25) is 14.2 Å². The minimum atomic E-state index is -0.582. The van der Waals surface area contributed by atoms with E-state index in [4.69, 9.17) is 4.74 Å². The fourth-order valence-electron chi connectivity index (χ4n) is 2.93. The Morgan fingerprint density at radius 3 is 2.48 bits per heavy atom. The van der Waals surface area contributed by atoms with Crippen molar-refractivity contribution in [1.29, 1.82) is 0 Å². The molecule has 8 nitrogen and oxygen atoms in total. The number of carbonyl (C=O) groups excluding carboxylic acids is 1. The van der Waals surface area contributed by atoms with Crippen LogP contribution in [0.3, 0.4) is 0 Å². The van der Waals surface area contributed by atoms with Crippen molar-refractivity contribution in [2.24, 2.45) is 7.05 Å². The second-order valence-corrected chi connectivity index (χ2v) is 5.82. The summed E-state index contributed by atoms with van der Waals surface area (Å²) in [4.78, 5) is 42.3. The SMILES string of the molecule is COc1ccccc1N1CCN(C(=O)c2c[nH]c(=O)n(C)c2=O)CC1. The number of aromatic nitrogens is 2. The second-order valence-electron chi connectivity index (χ2n) is 5.82. The van der Waals surface area contributed by atoms with Crippen LogP contribution in [0.15, 0.2) is 40.1 Å². The summed E-state index contributed by atoms with van der Waals surface area (Å²) in [5.41, 5.74) is -0.159. The van der Waals surface area contributed by atoms with Crippen molar-refractivity contribution in [2.75, 3.05) is 38.2 Å². The second kappa shape index (κ2) is 6.84. The third-order valence-corrected chi connectivity index (χ3v) is 4.40. The van der Waals surface area contributed by atoms with Crippen LogP contribution in [-0.2, 0) is 7.05 Å². The predicted molar refractivity (Wildman–Crippen MR) is 93.4 cm³/mol. The molecular formula is C17H20N4O4. The summed E-state index contributed by atoms with van der Waals surface area (Å²) < 4.78 is 6.28. The van der Waals surface area contributed by atoms with Crippen LogP contribution in [0.5, 0.6) is 5.75 Å². The Morgan fingerprint density at radius 1 is 1.12 bits per heavy atom. The van der Waals surface area contributed by atoms with Crippen LogP contribution in [0.1, 0.15) is 10.4 Å². The molecule has 0 spiro atoms. The van der Waals surface area contributed by atoms with Crippen molar-refractivity contribution in [2.45, 2.75) is 0 Å². The number of ether oxygens (including phenoxy) is 1. The molecule has 1 fully saturated rings. The van der Waals surface area contributed by atoms with E-state index in [-0.39, 0.29) is 11.5 Å². The molecule has 0 saturated carbocycles. The molecule has 3 rings (SSSR count). The summed E-state index contributed by atoms with van der Waals surface area (Å²) in [6.07, 6.45) is 1.19. The molecule has 2 heterocycles. The van der Waals surface area contributed by atoms with Gasteiger partial charge in [-0.05, 0) is 12.1 Å². The largest absolute Gasteiger partial charge is 0.495 e. The number of rotatable bonds is 3. The fourth-order valence-corrected chi connectivity index (χ4v) is 2.93. The molecule has 1 N–H and O–H groups in total. The van der Waals surface area contributed by atoms with Crippen molar-refractivity contribution in [3.8, 4) is 5.75 Å². The van der Waals surface area contributed by atoms with Crippen LogP contribution in [-0.4, -0.2) is 53.6 Å². The quantitative estimate of drug-likeness (QED) is 0.850. The highest BCUT2D eigenvalue weighted by Crippen LogP contribution is 2.28. The molecule has 8 heteroatoms. The van der Waals surface area contributed by atoms with Crippen LogP contribution in [0, 0.1) is 0 Å². The topological polar surface area (TPSA) is 87.6 Å². The maximum Gasteiger partial charge on any atom is 0.328 e. The highest BCUT2D eigenvalue weighted by atomic mass is 16.5. The average molecular weight is 344 g/mol. The van der Waals surface area contributed by atoms with Gasteiger partial charge in [0.1, 0.15) is 11.3 Å². The van der Waals surface area contributed by atoms with Gasteiger partial charge in [0, 0.05) is 39.4 Å². The molecule has 1 aromatic heterocycles. The minimum Gasteiger partial charge on any atom is -0.495 e. The van der Waals surface area contributed by atoms with E-state index >= 15 is 0 Å². The van der Waals surface area contributed by atoms with Gasteiger partial charge in [-0.2, -0.15) is 0 Å². The highest BCUT2D eigenvalue weighted by molar-refractivity contribution is 5.93. The number of nitrogens with zero attached hydrogens (tertiary/aromatic N) is 3. The number of anilines is 1. The summed E-state index contributed by atoms with van der Waals surface area (Å²) in [6.45, 7) is 2.24. The number of H-pyrrole nitrogens is 1. The number of nitrogens with one attached hydrogen (secondary N) is 1. The number of para-hydroxylation sites is 2. The lowest BCUT2D eigenvalue weighted by Gasteiger charge is -2.36. The predicted octanol–water partition coefficient (Wildman–Crippen LogP) is 0.0446. The van der Waals surface area contributed by atoms with E-state index in [1.165, 1.54) is 13.2 Å². The molecule has 132 valence electrons. The van der Waals surface area contributed by atoms with Crippen LogP contribution in [0.4, 0.5) is 5.69 Å². The standard InChI is InChI=1S/C17H20N4O4/c1-19-15(22)12(11-18-17(19)24)16(23)21-9-7-20(8-10-21)13-5-3-4-6-14(13)25-2/h3-6,11H,7-10H2,1-2H3,(H,18,24). The van der Waals surface area contributed by atoms with E-state index in [9.17, 15) is 14.4 Å². The lowest BCUT2D eigenvalue weighted by Crippen LogP contribution is -2.50. The van der Waals surface area contributed by atoms with Gasteiger partial charge in [0.05, 0.1) is 12.8 Å².